The van der Waals surface area contributed by atoms with Gasteiger partial charge in [0, 0.05) is 16.7 Å². The maximum absolute atomic E-state index is 12.5. The highest BCUT2D eigenvalue weighted by atomic mass is 79.9. The van der Waals surface area contributed by atoms with Crippen molar-refractivity contribution in [1.82, 2.24) is 0 Å². The topological polar surface area (TPSA) is 38.0 Å². The Morgan fingerprint density at radius 3 is 2.44 bits per heavy atom. The zero-order valence-electron chi connectivity index (χ0n) is 9.65. The molecule has 18 heavy (non-hydrogen) atoms. The molecule has 0 heterocycles. The summed E-state index contributed by atoms with van der Waals surface area (Å²) >= 11 is 3.16. The maximum atomic E-state index is 12.5. The standard InChI is InChI=1S/C12H14BrF3N2/c13-9-5-8(12(14,15)16)1-2-10(9)18-7-11(6-17)3-4-11/h1-2,5,18H,3-4,6-7,17H2. The molecular formula is C12H14BrF3N2. The van der Waals surface area contributed by atoms with Crippen molar-refractivity contribution in [3.05, 3.63) is 28.2 Å². The summed E-state index contributed by atoms with van der Waals surface area (Å²) in [6.07, 6.45) is -2.15. The van der Waals surface area contributed by atoms with E-state index in [1.807, 2.05) is 0 Å². The molecule has 1 aliphatic rings. The molecule has 1 aromatic rings. The van der Waals surface area contributed by atoms with Crippen LogP contribution in [0.5, 0.6) is 0 Å². The van der Waals surface area contributed by atoms with Crippen LogP contribution in [0.4, 0.5) is 18.9 Å². The fraction of sp³-hybridized carbons (Fsp3) is 0.500. The molecule has 3 N–H and O–H groups in total. The normalized spacial score (nSPS) is 17.6. The van der Waals surface area contributed by atoms with Crippen LogP contribution in [0.3, 0.4) is 0 Å². The second kappa shape index (κ2) is 4.74. The third kappa shape index (κ3) is 2.98. The molecule has 1 aromatic carbocycles. The Balaban J connectivity index is 2.06. The first-order valence-electron chi connectivity index (χ1n) is 5.67. The average molecular weight is 323 g/mol. The molecule has 100 valence electrons. The molecule has 0 aromatic heterocycles. The van der Waals surface area contributed by atoms with E-state index < -0.39 is 11.7 Å². The van der Waals surface area contributed by atoms with Crippen LogP contribution in [0.15, 0.2) is 22.7 Å². The predicted octanol–water partition coefficient (Wildman–Crippen LogP) is 3.62. The van der Waals surface area contributed by atoms with E-state index in [1.54, 1.807) is 0 Å². The van der Waals surface area contributed by atoms with Crippen LogP contribution in [0, 0.1) is 5.41 Å². The molecule has 1 aliphatic carbocycles. The number of nitrogens with two attached hydrogens (primary N) is 1. The SMILES string of the molecule is NCC1(CNc2ccc(C(F)(F)F)cc2Br)CC1. The van der Waals surface area contributed by atoms with Crippen molar-refractivity contribution in [2.24, 2.45) is 11.1 Å². The van der Waals surface area contributed by atoms with Gasteiger partial charge in [-0.25, -0.2) is 0 Å². The van der Waals surface area contributed by atoms with Gasteiger partial charge < -0.3 is 11.1 Å². The Morgan fingerprint density at radius 2 is 2.00 bits per heavy atom. The minimum absolute atomic E-state index is 0.141. The van der Waals surface area contributed by atoms with E-state index >= 15 is 0 Å². The number of nitrogens with one attached hydrogen (secondary N) is 1. The molecule has 1 saturated carbocycles. The summed E-state index contributed by atoms with van der Waals surface area (Å²) in [5.41, 5.74) is 5.81. The van der Waals surface area contributed by atoms with Gasteiger partial charge in [0.25, 0.3) is 0 Å². The van der Waals surface area contributed by atoms with Crippen molar-refractivity contribution in [3.8, 4) is 0 Å². The van der Waals surface area contributed by atoms with Crippen LogP contribution in [0.1, 0.15) is 18.4 Å². The van der Waals surface area contributed by atoms with Crippen molar-refractivity contribution in [2.75, 3.05) is 18.4 Å². The molecule has 0 saturated heterocycles. The first-order chi connectivity index (χ1) is 8.36. The fourth-order valence-corrected chi connectivity index (χ4v) is 2.27. The number of hydrogen-bond acceptors (Lipinski definition) is 2. The molecule has 0 unspecified atom stereocenters. The molecule has 2 nitrogen and oxygen atoms in total. The third-order valence-electron chi connectivity index (χ3n) is 3.34. The summed E-state index contributed by atoms with van der Waals surface area (Å²) < 4.78 is 37.9. The molecule has 0 atom stereocenters. The lowest BCUT2D eigenvalue weighted by Gasteiger charge is -2.16. The molecule has 0 amide bonds. The first kappa shape index (κ1) is 13.7. The minimum Gasteiger partial charge on any atom is -0.384 e. The summed E-state index contributed by atoms with van der Waals surface area (Å²) in [7, 11) is 0. The Labute approximate surface area is 112 Å². The third-order valence-corrected chi connectivity index (χ3v) is 4.00. The van der Waals surface area contributed by atoms with Crippen molar-refractivity contribution in [3.63, 3.8) is 0 Å². The largest absolute Gasteiger partial charge is 0.416 e. The number of alkyl halides is 3. The highest BCUT2D eigenvalue weighted by Gasteiger charge is 2.41. The lowest BCUT2D eigenvalue weighted by molar-refractivity contribution is -0.137. The van der Waals surface area contributed by atoms with Crippen molar-refractivity contribution in [1.29, 1.82) is 0 Å². The van der Waals surface area contributed by atoms with Gasteiger partial charge in [-0.1, -0.05) is 0 Å². The molecule has 1 fully saturated rings. The molecule has 0 spiro atoms. The van der Waals surface area contributed by atoms with E-state index in [-0.39, 0.29) is 5.41 Å². The summed E-state index contributed by atoms with van der Waals surface area (Å²) in [5.74, 6) is 0. The summed E-state index contributed by atoms with van der Waals surface area (Å²) in [4.78, 5) is 0. The van der Waals surface area contributed by atoms with Crippen LogP contribution in [0.2, 0.25) is 0 Å². The number of halogens is 4. The van der Waals surface area contributed by atoms with Crippen LogP contribution < -0.4 is 11.1 Å². The van der Waals surface area contributed by atoms with E-state index in [1.165, 1.54) is 6.07 Å². The Morgan fingerprint density at radius 1 is 1.33 bits per heavy atom. The Hall–Kier alpha value is -0.750. The average Bonchev–Trinajstić information content (AvgIpc) is 3.07. The van der Waals surface area contributed by atoms with Crippen LogP contribution >= 0.6 is 15.9 Å². The van der Waals surface area contributed by atoms with Gasteiger partial charge >= 0.3 is 6.18 Å². The van der Waals surface area contributed by atoms with Gasteiger partial charge in [0.1, 0.15) is 0 Å². The van der Waals surface area contributed by atoms with Crippen LogP contribution in [-0.2, 0) is 6.18 Å². The van der Waals surface area contributed by atoms with Gasteiger partial charge in [-0.2, -0.15) is 13.2 Å². The zero-order chi connectivity index (χ0) is 13.4. The number of benzene rings is 1. The molecule has 0 bridgehead atoms. The van der Waals surface area contributed by atoms with Crippen molar-refractivity contribution in [2.45, 2.75) is 19.0 Å². The summed E-state index contributed by atoms with van der Waals surface area (Å²) in [6.45, 7) is 1.31. The zero-order valence-corrected chi connectivity index (χ0v) is 11.2. The summed E-state index contributed by atoms with van der Waals surface area (Å²) in [5, 5.41) is 3.15. The maximum Gasteiger partial charge on any atom is 0.416 e. The van der Waals surface area contributed by atoms with E-state index in [9.17, 15) is 13.2 Å². The van der Waals surface area contributed by atoms with Gasteiger partial charge in [-0.05, 0) is 58.9 Å². The first-order valence-corrected chi connectivity index (χ1v) is 6.46. The van der Waals surface area contributed by atoms with Gasteiger partial charge in [-0.15, -0.1) is 0 Å². The minimum atomic E-state index is -4.31. The van der Waals surface area contributed by atoms with Crippen molar-refractivity contribution >= 4 is 21.6 Å². The fourth-order valence-electron chi connectivity index (χ4n) is 1.75. The Kier molecular flexibility index (Phi) is 3.60. The van der Waals surface area contributed by atoms with E-state index in [2.05, 4.69) is 21.2 Å². The number of anilines is 1. The van der Waals surface area contributed by atoms with E-state index in [0.29, 0.717) is 23.2 Å². The quantitative estimate of drug-likeness (QED) is 0.888. The molecule has 2 rings (SSSR count). The predicted molar refractivity (Wildman–Crippen MR) is 68.4 cm³/mol. The summed E-state index contributed by atoms with van der Waals surface area (Å²) in [6, 6.07) is 3.61. The van der Waals surface area contributed by atoms with Gasteiger partial charge in [0.2, 0.25) is 0 Å². The molecule has 0 aliphatic heterocycles. The lowest BCUT2D eigenvalue weighted by atomic mass is 10.1. The highest BCUT2D eigenvalue weighted by Crippen LogP contribution is 2.44. The smallest absolute Gasteiger partial charge is 0.384 e. The van der Waals surface area contributed by atoms with Crippen LogP contribution in [0.25, 0.3) is 0 Å². The molecule has 0 radical (unpaired) electrons. The second-order valence-corrected chi connectivity index (χ2v) is 5.60. The van der Waals surface area contributed by atoms with Gasteiger partial charge in [0.05, 0.1) is 5.56 Å². The van der Waals surface area contributed by atoms with Gasteiger partial charge in [-0.3, -0.25) is 0 Å². The van der Waals surface area contributed by atoms with Gasteiger partial charge in [0.15, 0.2) is 0 Å². The molecular weight excluding hydrogens is 309 g/mol. The van der Waals surface area contributed by atoms with E-state index in [0.717, 1.165) is 25.0 Å². The molecule has 6 heteroatoms. The van der Waals surface area contributed by atoms with E-state index in [4.69, 9.17) is 5.73 Å². The van der Waals surface area contributed by atoms with Crippen molar-refractivity contribution < 1.29 is 13.2 Å². The number of hydrogen-bond donors (Lipinski definition) is 2. The lowest BCUT2D eigenvalue weighted by Crippen LogP contribution is -2.24. The highest BCUT2D eigenvalue weighted by molar-refractivity contribution is 9.10. The number of rotatable bonds is 4. The van der Waals surface area contributed by atoms with Crippen LogP contribution in [-0.4, -0.2) is 13.1 Å². The Bertz CT molecular complexity index is 441. The second-order valence-electron chi connectivity index (χ2n) is 4.75. The monoisotopic (exact) mass is 322 g/mol.